The summed E-state index contributed by atoms with van der Waals surface area (Å²) in [4.78, 5) is 8.13. The number of halogens is 1. The van der Waals surface area contributed by atoms with Crippen LogP contribution in [0.3, 0.4) is 0 Å². The molecule has 1 atom stereocenters. The number of rotatable bonds is 5. The summed E-state index contributed by atoms with van der Waals surface area (Å²) in [6.07, 6.45) is 5.14. The van der Waals surface area contributed by atoms with Crippen molar-refractivity contribution in [3.05, 3.63) is 53.1 Å². The zero-order chi connectivity index (χ0) is 13.7. The van der Waals surface area contributed by atoms with Crippen LogP contribution in [0.1, 0.15) is 24.1 Å². The molecule has 100 valence electrons. The lowest BCUT2D eigenvalue weighted by Gasteiger charge is -2.19. The Morgan fingerprint density at radius 2 is 2.00 bits per heavy atom. The summed E-state index contributed by atoms with van der Waals surface area (Å²) in [5.74, 6) is 0.666. The predicted octanol–water partition coefficient (Wildman–Crippen LogP) is 2.84. The minimum Gasteiger partial charge on any atom is -0.495 e. The molecule has 0 aliphatic carbocycles. The maximum absolute atomic E-state index is 6.05. The molecule has 2 aromatic rings. The first-order valence-corrected chi connectivity index (χ1v) is 6.45. The maximum Gasteiger partial charge on any atom is 0.137 e. The average Bonchev–Trinajstić information content (AvgIpc) is 2.46. The number of ether oxygens (including phenoxy) is 1. The van der Waals surface area contributed by atoms with Gasteiger partial charge in [-0.2, -0.15) is 0 Å². The topological polar surface area (TPSA) is 47.0 Å². The van der Waals surface area contributed by atoms with E-state index in [9.17, 15) is 0 Å². The maximum atomic E-state index is 6.05. The first-order valence-electron chi connectivity index (χ1n) is 6.08. The number of nitrogens with zero attached hydrogens (tertiary/aromatic N) is 2. The van der Waals surface area contributed by atoms with Crippen LogP contribution in [-0.2, 0) is 0 Å². The fourth-order valence-corrected chi connectivity index (χ4v) is 2.14. The van der Waals surface area contributed by atoms with E-state index < -0.39 is 0 Å². The lowest BCUT2D eigenvalue weighted by molar-refractivity contribution is 0.414. The molecule has 1 aromatic carbocycles. The Balaban J connectivity index is 2.39. The van der Waals surface area contributed by atoms with Crippen molar-refractivity contribution in [3.63, 3.8) is 0 Å². The Hall–Kier alpha value is -1.65. The number of nitrogens with one attached hydrogen (secondary N) is 1. The molecule has 1 N–H and O–H groups in total. The van der Waals surface area contributed by atoms with Gasteiger partial charge < -0.3 is 10.1 Å². The van der Waals surface area contributed by atoms with Crippen LogP contribution in [0.4, 0.5) is 0 Å². The Morgan fingerprint density at radius 1 is 1.26 bits per heavy atom. The molecule has 0 aliphatic heterocycles. The van der Waals surface area contributed by atoms with Gasteiger partial charge in [-0.1, -0.05) is 24.6 Å². The highest BCUT2D eigenvalue weighted by Crippen LogP contribution is 2.30. The smallest absolute Gasteiger partial charge is 0.137 e. The van der Waals surface area contributed by atoms with E-state index in [0.717, 1.165) is 17.7 Å². The molecule has 0 aliphatic rings. The molecule has 0 fully saturated rings. The molecular formula is C14H16ClN3O. The van der Waals surface area contributed by atoms with Gasteiger partial charge in [-0.3, -0.25) is 0 Å². The van der Waals surface area contributed by atoms with Gasteiger partial charge >= 0.3 is 0 Å². The quantitative estimate of drug-likeness (QED) is 0.913. The number of methoxy groups -OCH3 is 1. The molecule has 0 bridgehead atoms. The van der Waals surface area contributed by atoms with E-state index in [1.807, 2.05) is 18.2 Å². The summed E-state index contributed by atoms with van der Waals surface area (Å²) in [5.41, 5.74) is 2.08. The Bertz CT molecular complexity index is 533. The molecule has 1 aromatic heterocycles. The van der Waals surface area contributed by atoms with E-state index in [-0.39, 0.29) is 6.04 Å². The monoisotopic (exact) mass is 277 g/mol. The summed E-state index contributed by atoms with van der Waals surface area (Å²) in [7, 11) is 1.61. The normalized spacial score (nSPS) is 12.2. The first-order chi connectivity index (χ1) is 9.26. The fourth-order valence-electron chi connectivity index (χ4n) is 1.95. The highest BCUT2D eigenvalue weighted by atomic mass is 35.5. The van der Waals surface area contributed by atoms with E-state index in [1.54, 1.807) is 19.5 Å². The molecule has 0 radical (unpaired) electrons. The second-order valence-corrected chi connectivity index (χ2v) is 4.46. The third-order valence-corrected chi connectivity index (χ3v) is 3.14. The first kappa shape index (κ1) is 13.8. The third kappa shape index (κ3) is 3.22. The van der Waals surface area contributed by atoms with Gasteiger partial charge in [0.05, 0.1) is 18.2 Å². The average molecular weight is 278 g/mol. The molecule has 1 unspecified atom stereocenters. The number of aromatic nitrogens is 2. The Morgan fingerprint density at radius 3 is 2.63 bits per heavy atom. The van der Waals surface area contributed by atoms with Crippen LogP contribution in [0.5, 0.6) is 5.75 Å². The Labute approximate surface area is 117 Å². The van der Waals surface area contributed by atoms with Crippen molar-refractivity contribution in [3.8, 4) is 5.75 Å². The molecular weight excluding hydrogens is 262 g/mol. The van der Waals surface area contributed by atoms with Crippen LogP contribution < -0.4 is 10.1 Å². The molecule has 2 rings (SSSR count). The zero-order valence-corrected chi connectivity index (χ0v) is 11.7. The second kappa shape index (κ2) is 6.50. The van der Waals surface area contributed by atoms with Gasteiger partial charge in [0.2, 0.25) is 0 Å². The van der Waals surface area contributed by atoms with E-state index in [2.05, 4.69) is 22.2 Å². The molecule has 1 heterocycles. The van der Waals surface area contributed by atoms with Crippen LogP contribution in [0.2, 0.25) is 5.02 Å². The molecule has 0 saturated heterocycles. The van der Waals surface area contributed by atoms with Crippen molar-refractivity contribution in [1.29, 1.82) is 0 Å². The largest absolute Gasteiger partial charge is 0.495 e. The van der Waals surface area contributed by atoms with E-state index in [1.165, 1.54) is 6.33 Å². The van der Waals surface area contributed by atoms with Crippen molar-refractivity contribution in [2.45, 2.75) is 13.0 Å². The van der Waals surface area contributed by atoms with Crippen molar-refractivity contribution >= 4 is 11.6 Å². The molecule has 19 heavy (non-hydrogen) atoms. The number of benzene rings is 1. The minimum atomic E-state index is 0.0253. The van der Waals surface area contributed by atoms with Gasteiger partial charge in [-0.25, -0.2) is 9.97 Å². The zero-order valence-electron chi connectivity index (χ0n) is 10.9. The van der Waals surface area contributed by atoms with Gasteiger partial charge in [0, 0.05) is 18.0 Å². The van der Waals surface area contributed by atoms with E-state index in [4.69, 9.17) is 16.3 Å². The lowest BCUT2D eigenvalue weighted by Crippen LogP contribution is -2.22. The second-order valence-electron chi connectivity index (χ2n) is 4.06. The van der Waals surface area contributed by atoms with Gasteiger partial charge in [-0.15, -0.1) is 0 Å². The van der Waals surface area contributed by atoms with Gasteiger partial charge in [0.25, 0.3) is 0 Å². The third-order valence-electron chi connectivity index (χ3n) is 2.83. The minimum absolute atomic E-state index is 0.0253. The van der Waals surface area contributed by atoms with Crippen LogP contribution >= 0.6 is 11.6 Å². The summed E-state index contributed by atoms with van der Waals surface area (Å²) in [6, 6.07) is 5.77. The standard InChI is InChI=1S/C14H16ClN3O/c1-3-18-14(11-7-16-9-17-8-11)10-4-5-12(15)13(6-10)19-2/h4-9,14,18H,3H2,1-2H3. The highest BCUT2D eigenvalue weighted by molar-refractivity contribution is 6.32. The number of hydrogen-bond donors (Lipinski definition) is 1. The number of hydrogen-bond acceptors (Lipinski definition) is 4. The molecule has 5 heteroatoms. The lowest BCUT2D eigenvalue weighted by atomic mass is 10.0. The summed E-state index contributed by atoms with van der Waals surface area (Å²) in [5, 5.41) is 4.01. The van der Waals surface area contributed by atoms with Crippen molar-refractivity contribution < 1.29 is 4.74 Å². The van der Waals surface area contributed by atoms with Crippen LogP contribution in [0, 0.1) is 0 Å². The predicted molar refractivity (Wildman–Crippen MR) is 75.6 cm³/mol. The van der Waals surface area contributed by atoms with Crippen LogP contribution in [0.25, 0.3) is 0 Å². The van der Waals surface area contributed by atoms with Crippen molar-refractivity contribution in [2.24, 2.45) is 0 Å². The van der Waals surface area contributed by atoms with E-state index in [0.29, 0.717) is 10.8 Å². The molecule has 0 saturated carbocycles. The van der Waals surface area contributed by atoms with Crippen molar-refractivity contribution in [2.75, 3.05) is 13.7 Å². The van der Waals surface area contributed by atoms with Crippen LogP contribution in [-0.4, -0.2) is 23.6 Å². The van der Waals surface area contributed by atoms with Gasteiger partial charge in [0.15, 0.2) is 0 Å². The van der Waals surface area contributed by atoms with E-state index >= 15 is 0 Å². The molecule has 0 amide bonds. The summed E-state index contributed by atoms with van der Waals surface area (Å²) in [6.45, 7) is 2.90. The molecule has 0 spiro atoms. The fraction of sp³-hybridized carbons (Fsp3) is 0.286. The van der Waals surface area contributed by atoms with Gasteiger partial charge in [0.1, 0.15) is 12.1 Å². The SMILES string of the molecule is CCNC(c1cncnc1)c1ccc(Cl)c(OC)c1. The highest BCUT2D eigenvalue weighted by Gasteiger charge is 2.15. The summed E-state index contributed by atoms with van der Waals surface area (Å²) >= 11 is 6.05. The van der Waals surface area contributed by atoms with Crippen LogP contribution in [0.15, 0.2) is 36.9 Å². The van der Waals surface area contributed by atoms with Gasteiger partial charge in [-0.05, 0) is 24.2 Å². The molecule has 4 nitrogen and oxygen atoms in total. The summed E-state index contributed by atoms with van der Waals surface area (Å²) < 4.78 is 5.26. The van der Waals surface area contributed by atoms with Crippen molar-refractivity contribution in [1.82, 2.24) is 15.3 Å². The Kier molecular flexibility index (Phi) is 4.71.